The van der Waals surface area contributed by atoms with Crippen molar-refractivity contribution in [2.75, 3.05) is 5.32 Å². The number of aromatic amines is 1. The summed E-state index contributed by atoms with van der Waals surface area (Å²) in [5.74, 6) is 0.502. The van der Waals surface area contributed by atoms with E-state index in [0.717, 1.165) is 16.8 Å². The van der Waals surface area contributed by atoms with Crippen LogP contribution in [0.4, 0.5) is 5.69 Å². The second-order valence-electron chi connectivity index (χ2n) is 7.68. The molecule has 140 valence electrons. The Morgan fingerprint density at radius 1 is 1.11 bits per heavy atom. The molecular weight excluding hydrogens is 356 g/mol. The smallest absolute Gasteiger partial charge is 0.244 e. The van der Waals surface area contributed by atoms with Crippen molar-refractivity contribution in [3.05, 3.63) is 64.4 Å². The molecule has 1 heterocycles. The number of carbonyl (C=O) groups excluding carboxylic acids is 1. The van der Waals surface area contributed by atoms with E-state index in [-0.39, 0.29) is 17.9 Å². The Balaban J connectivity index is 1.76. The first-order valence-electron chi connectivity index (χ1n) is 8.87. The Labute approximate surface area is 164 Å². The lowest BCUT2D eigenvalue weighted by molar-refractivity contribution is -0.116. The molecule has 0 atom stereocenters. The molecule has 0 unspecified atom stereocenters. The lowest BCUT2D eigenvalue weighted by Gasteiger charge is -2.19. The van der Waals surface area contributed by atoms with Crippen LogP contribution in [0.25, 0.3) is 11.4 Å². The van der Waals surface area contributed by atoms with Crippen LogP contribution in [0, 0.1) is 11.7 Å². The summed E-state index contributed by atoms with van der Waals surface area (Å²) in [6.45, 7) is 8.61. The van der Waals surface area contributed by atoms with Gasteiger partial charge in [-0.3, -0.25) is 14.5 Å². The normalized spacial score (nSPS) is 11.4. The van der Waals surface area contributed by atoms with Gasteiger partial charge in [0.05, 0.1) is 0 Å². The quantitative estimate of drug-likeness (QED) is 0.636. The van der Waals surface area contributed by atoms with E-state index in [0.29, 0.717) is 10.6 Å². The molecule has 0 saturated carbocycles. The lowest BCUT2D eigenvalue weighted by atomic mass is 9.87. The van der Waals surface area contributed by atoms with Gasteiger partial charge in [0.25, 0.3) is 0 Å². The Kier molecular flexibility index (Phi) is 5.28. The first kappa shape index (κ1) is 19.0. The van der Waals surface area contributed by atoms with Crippen LogP contribution in [-0.2, 0) is 16.8 Å². The molecule has 0 spiro atoms. The van der Waals surface area contributed by atoms with Crippen molar-refractivity contribution in [3.8, 4) is 11.4 Å². The van der Waals surface area contributed by atoms with E-state index in [9.17, 15) is 4.79 Å². The summed E-state index contributed by atoms with van der Waals surface area (Å²) in [7, 11) is 0. The minimum Gasteiger partial charge on any atom is -0.325 e. The summed E-state index contributed by atoms with van der Waals surface area (Å²) in [6, 6.07) is 15.9. The maximum absolute atomic E-state index is 12.5. The Hall–Kier alpha value is -2.73. The van der Waals surface area contributed by atoms with Crippen LogP contribution < -0.4 is 5.32 Å². The van der Waals surface area contributed by atoms with Gasteiger partial charge in [-0.15, -0.1) is 0 Å². The van der Waals surface area contributed by atoms with Crippen molar-refractivity contribution >= 4 is 23.8 Å². The Morgan fingerprint density at radius 2 is 1.74 bits per heavy atom. The van der Waals surface area contributed by atoms with Crippen molar-refractivity contribution in [1.29, 1.82) is 0 Å². The molecular formula is C21H24N4OS. The van der Waals surface area contributed by atoms with E-state index in [1.807, 2.05) is 55.5 Å². The van der Waals surface area contributed by atoms with Gasteiger partial charge in [-0.2, -0.15) is 5.10 Å². The lowest BCUT2D eigenvalue weighted by Crippen LogP contribution is -2.19. The number of nitrogens with zero attached hydrogens (tertiary/aromatic N) is 2. The molecule has 0 aliphatic heterocycles. The highest BCUT2D eigenvalue weighted by Gasteiger charge is 2.15. The number of aromatic nitrogens is 3. The number of rotatable bonds is 4. The van der Waals surface area contributed by atoms with Crippen LogP contribution in [0.5, 0.6) is 0 Å². The third-order valence-corrected chi connectivity index (χ3v) is 4.72. The van der Waals surface area contributed by atoms with E-state index in [1.54, 1.807) is 4.57 Å². The van der Waals surface area contributed by atoms with Crippen molar-refractivity contribution in [3.63, 3.8) is 0 Å². The predicted molar refractivity (Wildman–Crippen MR) is 111 cm³/mol. The summed E-state index contributed by atoms with van der Waals surface area (Å²) in [4.78, 5) is 12.5. The van der Waals surface area contributed by atoms with Crippen LogP contribution in [0.15, 0.2) is 48.5 Å². The topological polar surface area (TPSA) is 62.7 Å². The number of nitrogens with one attached hydrogen (secondary N) is 2. The summed E-state index contributed by atoms with van der Waals surface area (Å²) in [5, 5.41) is 9.99. The highest BCUT2D eigenvalue weighted by Crippen LogP contribution is 2.23. The van der Waals surface area contributed by atoms with Gasteiger partial charge in [-0.25, -0.2) is 0 Å². The standard InChI is InChI=1S/C21H24N4OS/c1-14-5-7-15(8-6-14)19-23-24-20(27)25(19)13-18(26)22-17-11-9-16(10-12-17)21(2,3)4/h5-12H,13H2,1-4H3,(H,22,26)(H,24,27). The minimum absolute atomic E-state index is 0.0787. The molecule has 0 fully saturated rings. The van der Waals surface area contributed by atoms with E-state index in [4.69, 9.17) is 12.2 Å². The number of hydrogen-bond donors (Lipinski definition) is 2. The minimum atomic E-state index is -0.149. The maximum atomic E-state index is 12.5. The summed E-state index contributed by atoms with van der Waals surface area (Å²) in [6.07, 6.45) is 0. The average Bonchev–Trinajstić information content (AvgIpc) is 2.96. The molecule has 2 aromatic carbocycles. The van der Waals surface area contributed by atoms with Crippen LogP contribution in [-0.4, -0.2) is 20.7 Å². The molecule has 5 nitrogen and oxygen atoms in total. The molecule has 1 amide bonds. The number of anilines is 1. The first-order chi connectivity index (χ1) is 12.7. The predicted octanol–water partition coefficient (Wildman–Crippen LogP) is 4.85. The van der Waals surface area contributed by atoms with Crippen LogP contribution in [0.2, 0.25) is 0 Å². The zero-order valence-electron chi connectivity index (χ0n) is 16.0. The Bertz CT molecular complexity index is 992. The second-order valence-corrected chi connectivity index (χ2v) is 8.07. The first-order valence-corrected chi connectivity index (χ1v) is 9.27. The average molecular weight is 381 g/mol. The third-order valence-electron chi connectivity index (χ3n) is 4.40. The zero-order valence-corrected chi connectivity index (χ0v) is 16.9. The number of carbonyl (C=O) groups is 1. The monoisotopic (exact) mass is 380 g/mol. The number of aryl methyl sites for hydroxylation is 1. The molecule has 0 saturated heterocycles. The van der Waals surface area contributed by atoms with Crippen LogP contribution >= 0.6 is 12.2 Å². The van der Waals surface area contributed by atoms with Gasteiger partial charge >= 0.3 is 0 Å². The number of amides is 1. The van der Waals surface area contributed by atoms with Gasteiger partial charge in [0, 0.05) is 11.3 Å². The molecule has 1 aromatic heterocycles. The van der Waals surface area contributed by atoms with E-state index in [1.165, 1.54) is 5.56 Å². The molecule has 0 bridgehead atoms. The van der Waals surface area contributed by atoms with Crippen molar-refractivity contribution in [2.45, 2.75) is 39.7 Å². The van der Waals surface area contributed by atoms with E-state index >= 15 is 0 Å². The van der Waals surface area contributed by atoms with Crippen LogP contribution in [0.1, 0.15) is 31.9 Å². The summed E-state index contributed by atoms with van der Waals surface area (Å²) in [5.41, 5.74) is 4.14. The van der Waals surface area contributed by atoms with Crippen molar-refractivity contribution in [2.24, 2.45) is 0 Å². The van der Waals surface area contributed by atoms with Gasteiger partial charge in [0.2, 0.25) is 5.91 Å². The highest BCUT2D eigenvalue weighted by molar-refractivity contribution is 7.71. The fourth-order valence-electron chi connectivity index (χ4n) is 2.79. The van der Waals surface area contributed by atoms with Crippen molar-refractivity contribution in [1.82, 2.24) is 14.8 Å². The third kappa shape index (κ3) is 4.52. The fourth-order valence-corrected chi connectivity index (χ4v) is 2.98. The molecule has 27 heavy (non-hydrogen) atoms. The number of benzene rings is 2. The van der Waals surface area contributed by atoms with E-state index < -0.39 is 0 Å². The summed E-state index contributed by atoms with van der Waals surface area (Å²) < 4.78 is 2.13. The molecule has 3 rings (SSSR count). The largest absolute Gasteiger partial charge is 0.325 e. The number of H-pyrrole nitrogens is 1. The van der Waals surface area contributed by atoms with Gasteiger partial charge in [-0.05, 0) is 42.3 Å². The molecule has 0 aliphatic carbocycles. The molecule has 0 radical (unpaired) electrons. The van der Waals surface area contributed by atoms with Crippen molar-refractivity contribution < 1.29 is 4.79 Å². The molecule has 6 heteroatoms. The molecule has 0 aliphatic rings. The van der Waals surface area contributed by atoms with E-state index in [2.05, 4.69) is 36.3 Å². The van der Waals surface area contributed by atoms with Gasteiger partial charge in [0.1, 0.15) is 6.54 Å². The maximum Gasteiger partial charge on any atom is 0.244 e. The van der Waals surface area contributed by atoms with Crippen LogP contribution in [0.3, 0.4) is 0 Å². The van der Waals surface area contributed by atoms with Gasteiger partial charge in [-0.1, -0.05) is 62.7 Å². The van der Waals surface area contributed by atoms with Gasteiger partial charge < -0.3 is 5.32 Å². The fraction of sp³-hybridized carbons (Fsp3) is 0.286. The molecule has 2 N–H and O–H groups in total. The Morgan fingerprint density at radius 3 is 2.33 bits per heavy atom. The zero-order chi connectivity index (χ0) is 19.6. The molecule has 3 aromatic rings. The second kappa shape index (κ2) is 7.48. The number of hydrogen-bond acceptors (Lipinski definition) is 3. The summed E-state index contributed by atoms with van der Waals surface area (Å²) >= 11 is 5.30. The SMILES string of the molecule is Cc1ccc(-c2n[nH]c(=S)n2CC(=O)Nc2ccc(C(C)(C)C)cc2)cc1. The highest BCUT2D eigenvalue weighted by atomic mass is 32.1. The van der Waals surface area contributed by atoms with Gasteiger partial charge in [0.15, 0.2) is 10.6 Å².